The van der Waals surface area contributed by atoms with E-state index in [4.69, 9.17) is 0 Å². The first-order valence-corrected chi connectivity index (χ1v) is 11.0. The average Bonchev–Trinajstić information content (AvgIpc) is 2.70. The summed E-state index contributed by atoms with van der Waals surface area (Å²) in [4.78, 5) is 0. The van der Waals surface area contributed by atoms with E-state index in [1.54, 1.807) is 0 Å². The SMILES string of the molecule is CC(C)(C)c1cc(Cc2cc(C(C)(C)C)c(O)c3ccccc23)c2ccccc2c1O. The normalized spacial score (nSPS) is 12.6. The zero-order valence-corrected chi connectivity index (χ0v) is 19.4. The van der Waals surface area contributed by atoms with Crippen LogP contribution in [0.1, 0.15) is 63.8 Å². The Balaban J connectivity index is 2.01. The summed E-state index contributed by atoms with van der Waals surface area (Å²) in [5.74, 6) is 0.746. The van der Waals surface area contributed by atoms with E-state index >= 15 is 0 Å². The lowest BCUT2D eigenvalue weighted by atomic mass is 9.80. The number of benzene rings is 4. The van der Waals surface area contributed by atoms with Crippen LogP contribution in [-0.2, 0) is 17.3 Å². The molecule has 0 bridgehead atoms. The molecule has 4 aromatic rings. The van der Waals surface area contributed by atoms with Crippen LogP contribution in [0.5, 0.6) is 11.5 Å². The van der Waals surface area contributed by atoms with E-state index in [1.165, 1.54) is 11.1 Å². The van der Waals surface area contributed by atoms with Gasteiger partial charge in [-0.05, 0) is 39.2 Å². The number of rotatable bonds is 2. The van der Waals surface area contributed by atoms with Crippen LogP contribution in [0.15, 0.2) is 60.7 Å². The maximum absolute atomic E-state index is 11.0. The summed E-state index contributed by atoms with van der Waals surface area (Å²) in [6.45, 7) is 12.8. The fourth-order valence-electron chi connectivity index (χ4n) is 4.51. The average molecular weight is 413 g/mol. The van der Waals surface area contributed by atoms with Crippen LogP contribution in [0.4, 0.5) is 0 Å². The van der Waals surface area contributed by atoms with Crippen molar-refractivity contribution in [1.29, 1.82) is 0 Å². The second-order valence-corrected chi connectivity index (χ2v) is 10.6. The molecule has 0 aliphatic heterocycles. The van der Waals surface area contributed by atoms with Gasteiger partial charge in [0.1, 0.15) is 11.5 Å². The van der Waals surface area contributed by atoms with Gasteiger partial charge in [-0.15, -0.1) is 0 Å². The van der Waals surface area contributed by atoms with Crippen molar-refractivity contribution in [2.24, 2.45) is 0 Å². The van der Waals surface area contributed by atoms with Gasteiger partial charge in [0.05, 0.1) is 0 Å². The number of hydrogen-bond donors (Lipinski definition) is 2. The third-order valence-electron chi connectivity index (χ3n) is 6.20. The number of fused-ring (bicyclic) bond motifs is 2. The van der Waals surface area contributed by atoms with Gasteiger partial charge >= 0.3 is 0 Å². The van der Waals surface area contributed by atoms with Gasteiger partial charge in [0.25, 0.3) is 0 Å². The highest BCUT2D eigenvalue weighted by molar-refractivity contribution is 5.95. The maximum Gasteiger partial charge on any atom is 0.127 e. The molecule has 31 heavy (non-hydrogen) atoms. The Morgan fingerprint density at radius 1 is 0.548 bits per heavy atom. The highest BCUT2D eigenvalue weighted by Gasteiger charge is 2.24. The quantitative estimate of drug-likeness (QED) is 0.356. The Bertz CT molecular complexity index is 1180. The number of phenolic OH excluding ortho intramolecular Hbond substituents is 2. The lowest BCUT2D eigenvalue weighted by Gasteiger charge is -2.25. The van der Waals surface area contributed by atoms with Gasteiger partial charge in [-0.2, -0.15) is 0 Å². The van der Waals surface area contributed by atoms with Gasteiger partial charge < -0.3 is 10.2 Å². The Labute approximate surface area is 185 Å². The van der Waals surface area contributed by atoms with Gasteiger partial charge in [-0.25, -0.2) is 0 Å². The molecule has 0 radical (unpaired) electrons. The fourth-order valence-corrected chi connectivity index (χ4v) is 4.51. The van der Waals surface area contributed by atoms with Crippen LogP contribution in [-0.4, -0.2) is 10.2 Å². The molecule has 0 atom stereocenters. The molecule has 2 nitrogen and oxygen atoms in total. The Morgan fingerprint density at radius 2 is 0.871 bits per heavy atom. The number of hydrogen-bond acceptors (Lipinski definition) is 2. The van der Waals surface area contributed by atoms with E-state index in [2.05, 4.69) is 65.8 Å². The van der Waals surface area contributed by atoms with Crippen molar-refractivity contribution in [1.82, 2.24) is 0 Å². The molecule has 2 heteroatoms. The molecule has 0 amide bonds. The van der Waals surface area contributed by atoms with Crippen LogP contribution in [0.25, 0.3) is 21.5 Å². The maximum atomic E-state index is 11.0. The molecule has 0 fully saturated rings. The fraction of sp³-hybridized carbons (Fsp3) is 0.310. The van der Waals surface area contributed by atoms with Gasteiger partial charge in [0.15, 0.2) is 0 Å². The first-order chi connectivity index (χ1) is 14.5. The number of phenols is 2. The summed E-state index contributed by atoms with van der Waals surface area (Å²) in [5.41, 5.74) is 3.95. The summed E-state index contributed by atoms with van der Waals surface area (Å²) in [6.07, 6.45) is 0.730. The third kappa shape index (κ3) is 3.76. The smallest absolute Gasteiger partial charge is 0.127 e. The highest BCUT2D eigenvalue weighted by Crippen LogP contribution is 2.42. The Kier molecular flexibility index (Phi) is 5.00. The van der Waals surface area contributed by atoms with Crippen LogP contribution in [0, 0.1) is 0 Å². The minimum atomic E-state index is -0.170. The van der Waals surface area contributed by atoms with Crippen molar-refractivity contribution in [2.75, 3.05) is 0 Å². The van der Waals surface area contributed by atoms with Crippen molar-refractivity contribution < 1.29 is 10.2 Å². The van der Waals surface area contributed by atoms with Gasteiger partial charge in [-0.1, -0.05) is 102 Å². The van der Waals surface area contributed by atoms with Gasteiger partial charge in [0, 0.05) is 21.9 Å². The van der Waals surface area contributed by atoms with E-state index in [0.29, 0.717) is 11.5 Å². The Morgan fingerprint density at radius 3 is 1.19 bits per heavy atom. The molecule has 160 valence electrons. The summed E-state index contributed by atoms with van der Waals surface area (Å²) < 4.78 is 0. The molecule has 0 unspecified atom stereocenters. The van der Waals surface area contributed by atoms with Crippen LogP contribution >= 0.6 is 0 Å². The van der Waals surface area contributed by atoms with Crippen LogP contribution in [0.3, 0.4) is 0 Å². The zero-order valence-electron chi connectivity index (χ0n) is 19.4. The van der Waals surface area contributed by atoms with E-state index in [9.17, 15) is 10.2 Å². The minimum Gasteiger partial charge on any atom is -0.507 e. The molecule has 0 aliphatic rings. The van der Waals surface area contributed by atoms with Crippen molar-refractivity contribution in [3.8, 4) is 11.5 Å². The lowest BCUT2D eigenvalue weighted by Crippen LogP contribution is -2.13. The molecule has 0 aromatic heterocycles. The molecular weight excluding hydrogens is 380 g/mol. The summed E-state index contributed by atoms with van der Waals surface area (Å²) in [5, 5.41) is 25.9. The van der Waals surface area contributed by atoms with Gasteiger partial charge in [-0.3, -0.25) is 0 Å². The van der Waals surface area contributed by atoms with Crippen molar-refractivity contribution in [3.05, 3.63) is 82.9 Å². The Hall–Kier alpha value is -3.00. The summed E-state index contributed by atoms with van der Waals surface area (Å²) in [6, 6.07) is 20.5. The van der Waals surface area contributed by atoms with Crippen molar-refractivity contribution in [3.63, 3.8) is 0 Å². The molecule has 4 aromatic carbocycles. The molecule has 0 aliphatic carbocycles. The summed E-state index contributed by atoms with van der Waals surface area (Å²) >= 11 is 0. The lowest BCUT2D eigenvalue weighted by molar-refractivity contribution is 0.452. The first kappa shape index (κ1) is 21.2. The zero-order chi connectivity index (χ0) is 22.6. The predicted molar refractivity (Wildman–Crippen MR) is 131 cm³/mol. The monoisotopic (exact) mass is 412 g/mol. The first-order valence-electron chi connectivity index (χ1n) is 11.0. The molecule has 0 saturated carbocycles. The molecule has 4 rings (SSSR count). The second kappa shape index (κ2) is 7.30. The second-order valence-electron chi connectivity index (χ2n) is 10.6. The van der Waals surface area contributed by atoms with E-state index < -0.39 is 0 Å². The van der Waals surface area contributed by atoms with Crippen LogP contribution in [0.2, 0.25) is 0 Å². The third-order valence-corrected chi connectivity index (χ3v) is 6.20. The minimum absolute atomic E-state index is 0.170. The topological polar surface area (TPSA) is 40.5 Å². The van der Waals surface area contributed by atoms with E-state index in [0.717, 1.165) is 39.1 Å². The predicted octanol–water partition coefficient (Wildman–Crippen LogP) is 7.59. The number of aromatic hydroxyl groups is 2. The van der Waals surface area contributed by atoms with E-state index in [1.807, 2.05) is 36.4 Å². The van der Waals surface area contributed by atoms with Crippen molar-refractivity contribution in [2.45, 2.75) is 58.8 Å². The molecule has 0 spiro atoms. The molecule has 2 N–H and O–H groups in total. The highest BCUT2D eigenvalue weighted by atomic mass is 16.3. The van der Waals surface area contributed by atoms with Crippen molar-refractivity contribution >= 4 is 21.5 Å². The van der Waals surface area contributed by atoms with Crippen LogP contribution < -0.4 is 0 Å². The largest absolute Gasteiger partial charge is 0.507 e. The summed E-state index contributed by atoms with van der Waals surface area (Å²) in [7, 11) is 0. The van der Waals surface area contributed by atoms with Gasteiger partial charge in [0.2, 0.25) is 0 Å². The molecule has 0 heterocycles. The molecule has 0 saturated heterocycles. The standard InChI is InChI=1S/C29H32O2/c1-28(2,3)24-16-18(20-11-7-9-13-22(20)26(24)30)15-19-17-25(29(4,5)6)27(31)23-14-10-8-12-21(19)23/h7-14,16-17,30-31H,15H2,1-6H3. The van der Waals surface area contributed by atoms with E-state index in [-0.39, 0.29) is 10.8 Å². The molecular formula is C29H32O2.